The van der Waals surface area contributed by atoms with E-state index in [0.717, 1.165) is 0 Å². The fourth-order valence-electron chi connectivity index (χ4n) is 4.28. The number of aromatic hydroxyl groups is 1. The highest BCUT2D eigenvalue weighted by molar-refractivity contribution is 6.12. The summed E-state index contributed by atoms with van der Waals surface area (Å²) in [6.45, 7) is 3.85. The third-order valence-corrected chi connectivity index (χ3v) is 5.69. The Balaban J connectivity index is 2.12. The first-order chi connectivity index (χ1) is 14.8. The normalized spacial score (nSPS) is 23.2. The van der Waals surface area contributed by atoms with E-state index >= 15 is 0 Å². The molecule has 3 rings (SSSR count). The van der Waals surface area contributed by atoms with E-state index in [1.54, 1.807) is 19.1 Å². The van der Waals surface area contributed by atoms with E-state index in [2.05, 4.69) is 5.32 Å². The molecule has 0 aromatic heterocycles. The third kappa shape index (κ3) is 4.34. The number of dihydropyridines is 1. The van der Waals surface area contributed by atoms with Crippen LogP contribution in [0, 0.1) is 11.8 Å². The lowest BCUT2D eigenvalue weighted by Gasteiger charge is -2.38. The fraction of sp³-hybridized carbons (Fsp3) is 0.435. The van der Waals surface area contributed by atoms with Gasteiger partial charge in [-0.15, -0.1) is 0 Å². The van der Waals surface area contributed by atoms with Crippen LogP contribution in [0.25, 0.3) is 0 Å². The molecule has 166 valence electrons. The largest absolute Gasteiger partial charge is 0.508 e. The van der Waals surface area contributed by atoms with Crippen LogP contribution in [-0.4, -0.2) is 50.3 Å². The molecule has 0 amide bonds. The van der Waals surface area contributed by atoms with Gasteiger partial charge in [0, 0.05) is 30.0 Å². The maximum Gasteiger partial charge on any atom is 0.336 e. The van der Waals surface area contributed by atoms with Crippen molar-refractivity contribution in [2.75, 3.05) is 27.4 Å². The molecule has 0 unspecified atom stereocenters. The monoisotopic (exact) mass is 429 g/mol. The first kappa shape index (κ1) is 22.6. The molecule has 1 aliphatic carbocycles. The molecule has 3 atom stereocenters. The summed E-state index contributed by atoms with van der Waals surface area (Å²) in [7, 11) is 2.75. The molecule has 8 heteroatoms. The van der Waals surface area contributed by atoms with Crippen LogP contribution < -0.4 is 5.32 Å². The summed E-state index contributed by atoms with van der Waals surface area (Å²) in [5.74, 6) is -3.60. The number of carbonyl (C=O) groups excluding carboxylic acids is 3. The van der Waals surface area contributed by atoms with Crippen LogP contribution in [0.5, 0.6) is 5.75 Å². The Hall–Kier alpha value is -3.13. The molecule has 2 aliphatic rings. The van der Waals surface area contributed by atoms with Crippen molar-refractivity contribution in [2.45, 2.75) is 26.2 Å². The van der Waals surface area contributed by atoms with Crippen molar-refractivity contribution < 1.29 is 33.7 Å². The Kier molecular flexibility index (Phi) is 6.80. The number of phenols is 1. The van der Waals surface area contributed by atoms with E-state index in [9.17, 15) is 19.5 Å². The van der Waals surface area contributed by atoms with Crippen molar-refractivity contribution in [1.29, 1.82) is 0 Å². The summed E-state index contributed by atoms with van der Waals surface area (Å²) in [5.41, 5.74) is 2.36. The number of allylic oxidation sites excluding steroid dienone is 3. The van der Waals surface area contributed by atoms with Crippen molar-refractivity contribution in [1.82, 2.24) is 5.32 Å². The van der Waals surface area contributed by atoms with Crippen LogP contribution >= 0.6 is 0 Å². The van der Waals surface area contributed by atoms with E-state index in [0.29, 0.717) is 29.0 Å². The molecule has 1 heterocycles. The number of Topliss-reactive ketones (excluding diaryl/α,β-unsaturated/α-hetero) is 1. The van der Waals surface area contributed by atoms with Crippen molar-refractivity contribution in [2.24, 2.45) is 11.8 Å². The number of ether oxygens (including phenoxy) is 3. The highest BCUT2D eigenvalue weighted by Gasteiger charge is 2.47. The number of hydrogen-bond donors (Lipinski definition) is 2. The first-order valence-electron chi connectivity index (χ1n) is 10.1. The first-order valence-corrected chi connectivity index (χ1v) is 10.1. The van der Waals surface area contributed by atoms with Gasteiger partial charge in [0.05, 0.1) is 19.3 Å². The SMILES string of the molecule is COCCOC(=O)C1=C(C)NC2=C(C(=O)[C@H](C(=O)OC)[C@@H](C)C2)[C@H]1c1cccc(O)c1. The number of benzene rings is 1. The zero-order valence-electron chi connectivity index (χ0n) is 18.1. The standard InChI is InChI=1S/C23H27NO7/c1-12-10-16-20(21(26)17(12)22(27)30-4)19(14-6-5-7-15(25)11-14)18(13(2)24-16)23(28)31-9-8-29-3/h5-7,11-12,17,19,24-25H,8-10H2,1-4H3/t12-,17+,19-/m0/s1. The molecule has 0 bridgehead atoms. The van der Waals surface area contributed by atoms with Gasteiger partial charge < -0.3 is 24.6 Å². The van der Waals surface area contributed by atoms with Gasteiger partial charge in [-0.05, 0) is 37.0 Å². The Bertz CT molecular complexity index is 962. The van der Waals surface area contributed by atoms with Gasteiger partial charge in [-0.2, -0.15) is 0 Å². The molecule has 0 radical (unpaired) electrons. The van der Waals surface area contributed by atoms with Gasteiger partial charge in [-0.25, -0.2) is 4.79 Å². The van der Waals surface area contributed by atoms with Crippen molar-refractivity contribution >= 4 is 17.7 Å². The second-order valence-electron chi connectivity index (χ2n) is 7.76. The number of methoxy groups -OCH3 is 2. The molecule has 0 saturated carbocycles. The predicted molar refractivity (Wildman–Crippen MR) is 111 cm³/mol. The smallest absolute Gasteiger partial charge is 0.336 e. The second-order valence-corrected chi connectivity index (χ2v) is 7.76. The highest BCUT2D eigenvalue weighted by atomic mass is 16.6. The van der Waals surface area contributed by atoms with Gasteiger partial charge >= 0.3 is 11.9 Å². The Morgan fingerprint density at radius 2 is 1.97 bits per heavy atom. The molecular weight excluding hydrogens is 402 g/mol. The average molecular weight is 429 g/mol. The Morgan fingerprint density at radius 3 is 2.61 bits per heavy atom. The summed E-state index contributed by atoms with van der Waals surface area (Å²) in [6.07, 6.45) is 0.444. The third-order valence-electron chi connectivity index (χ3n) is 5.69. The maximum absolute atomic E-state index is 13.5. The minimum atomic E-state index is -0.963. The summed E-state index contributed by atoms with van der Waals surface area (Å²) in [5, 5.41) is 13.2. The lowest BCUT2D eigenvalue weighted by molar-refractivity contribution is -0.151. The van der Waals surface area contributed by atoms with Crippen LogP contribution in [0.15, 0.2) is 46.8 Å². The van der Waals surface area contributed by atoms with Crippen LogP contribution in [0.3, 0.4) is 0 Å². The van der Waals surface area contributed by atoms with Gasteiger partial charge in [-0.3, -0.25) is 9.59 Å². The lowest BCUT2D eigenvalue weighted by Crippen LogP contribution is -2.43. The number of nitrogens with one attached hydrogen (secondary N) is 1. The molecule has 1 aliphatic heterocycles. The number of hydrogen-bond acceptors (Lipinski definition) is 8. The van der Waals surface area contributed by atoms with Crippen molar-refractivity contribution in [3.05, 3.63) is 52.4 Å². The minimum absolute atomic E-state index is 0.00378. The van der Waals surface area contributed by atoms with Crippen LogP contribution in [0.2, 0.25) is 0 Å². The molecule has 1 aromatic rings. The van der Waals surface area contributed by atoms with Gasteiger partial charge in [0.15, 0.2) is 5.78 Å². The topological polar surface area (TPSA) is 111 Å². The Labute approximate surface area is 180 Å². The maximum atomic E-state index is 13.5. The lowest BCUT2D eigenvalue weighted by atomic mass is 9.69. The van der Waals surface area contributed by atoms with Crippen LogP contribution in [0.1, 0.15) is 31.7 Å². The summed E-state index contributed by atoms with van der Waals surface area (Å²) in [4.78, 5) is 38.9. The van der Waals surface area contributed by atoms with E-state index in [1.165, 1.54) is 26.4 Å². The molecular formula is C23H27NO7. The average Bonchev–Trinajstić information content (AvgIpc) is 2.72. The molecule has 8 nitrogen and oxygen atoms in total. The quantitative estimate of drug-likeness (QED) is 0.402. The van der Waals surface area contributed by atoms with Crippen LogP contribution in [0.4, 0.5) is 0 Å². The van der Waals surface area contributed by atoms with Crippen molar-refractivity contribution in [3.63, 3.8) is 0 Å². The molecule has 0 spiro atoms. The number of carbonyl (C=O) groups is 3. The van der Waals surface area contributed by atoms with Gasteiger partial charge in [0.2, 0.25) is 0 Å². The summed E-state index contributed by atoms with van der Waals surface area (Å²) in [6, 6.07) is 6.39. The van der Waals surface area contributed by atoms with E-state index in [1.807, 2.05) is 6.92 Å². The number of ketones is 1. The molecule has 31 heavy (non-hydrogen) atoms. The fourth-order valence-corrected chi connectivity index (χ4v) is 4.28. The number of phenolic OH excluding ortho intramolecular Hbond substituents is 1. The number of esters is 2. The minimum Gasteiger partial charge on any atom is -0.508 e. The van der Waals surface area contributed by atoms with Gasteiger partial charge in [0.1, 0.15) is 18.3 Å². The Morgan fingerprint density at radius 1 is 1.23 bits per heavy atom. The summed E-state index contributed by atoms with van der Waals surface area (Å²) < 4.78 is 15.2. The molecule has 0 fully saturated rings. The van der Waals surface area contributed by atoms with E-state index in [-0.39, 0.29) is 30.5 Å². The van der Waals surface area contributed by atoms with Crippen molar-refractivity contribution in [3.8, 4) is 5.75 Å². The zero-order valence-corrected chi connectivity index (χ0v) is 18.1. The molecule has 0 saturated heterocycles. The summed E-state index contributed by atoms with van der Waals surface area (Å²) >= 11 is 0. The highest BCUT2D eigenvalue weighted by Crippen LogP contribution is 2.45. The predicted octanol–water partition coefficient (Wildman–Crippen LogP) is 2.19. The van der Waals surface area contributed by atoms with Crippen LogP contribution in [-0.2, 0) is 28.6 Å². The number of rotatable bonds is 6. The zero-order chi connectivity index (χ0) is 22.7. The van der Waals surface area contributed by atoms with E-state index in [4.69, 9.17) is 14.2 Å². The van der Waals surface area contributed by atoms with E-state index < -0.39 is 29.6 Å². The van der Waals surface area contributed by atoms with Gasteiger partial charge in [0.25, 0.3) is 0 Å². The molecule has 2 N–H and O–H groups in total. The second kappa shape index (κ2) is 9.34. The van der Waals surface area contributed by atoms with Gasteiger partial charge in [-0.1, -0.05) is 19.1 Å². The molecule has 1 aromatic carbocycles.